The molecule has 1 saturated carbocycles. The molecule has 1 fully saturated rings. The maximum Gasteiger partial charge on any atom is 0.411 e. The molecule has 0 bridgehead atoms. The quantitative estimate of drug-likeness (QED) is 0.746. The number of anilines is 1. The van der Waals surface area contributed by atoms with Gasteiger partial charge in [0.1, 0.15) is 6.10 Å². The van der Waals surface area contributed by atoms with Gasteiger partial charge in [0, 0.05) is 24.7 Å². The average Bonchev–Trinajstić information content (AvgIpc) is 2.68. The molecule has 27 heavy (non-hydrogen) atoms. The normalized spacial score (nSPS) is 19.0. The second-order valence-electron chi connectivity index (χ2n) is 6.69. The maximum absolute atomic E-state index is 12.1. The number of rotatable bonds is 5. The van der Waals surface area contributed by atoms with Gasteiger partial charge in [-0.3, -0.25) is 5.32 Å². The number of carbonyl (C=O) groups excluding carboxylic acids is 2. The van der Waals surface area contributed by atoms with E-state index in [1.807, 2.05) is 60.7 Å². The molecule has 0 aliphatic heterocycles. The van der Waals surface area contributed by atoms with Crippen LogP contribution in [-0.2, 0) is 11.3 Å². The summed E-state index contributed by atoms with van der Waals surface area (Å²) in [6.45, 7) is 0.485. The monoisotopic (exact) mass is 367 g/mol. The number of benzene rings is 2. The molecule has 2 aromatic carbocycles. The van der Waals surface area contributed by atoms with E-state index in [9.17, 15) is 9.59 Å². The van der Waals surface area contributed by atoms with Crippen LogP contribution in [-0.4, -0.2) is 24.3 Å². The van der Waals surface area contributed by atoms with E-state index in [-0.39, 0.29) is 18.2 Å². The molecule has 0 aromatic heterocycles. The van der Waals surface area contributed by atoms with Crippen LogP contribution in [0.5, 0.6) is 0 Å². The van der Waals surface area contributed by atoms with Gasteiger partial charge in [0.2, 0.25) is 0 Å². The third-order valence-corrected chi connectivity index (χ3v) is 4.55. The average molecular weight is 367 g/mol. The molecule has 1 aliphatic rings. The molecule has 1 aliphatic carbocycles. The van der Waals surface area contributed by atoms with E-state index in [4.69, 9.17) is 4.74 Å². The van der Waals surface area contributed by atoms with Crippen molar-refractivity contribution in [3.8, 4) is 0 Å². The summed E-state index contributed by atoms with van der Waals surface area (Å²) in [5, 5.41) is 8.57. The largest absolute Gasteiger partial charge is 0.446 e. The number of urea groups is 1. The molecule has 142 valence electrons. The fourth-order valence-corrected chi connectivity index (χ4v) is 3.22. The Kier molecular flexibility index (Phi) is 6.68. The van der Waals surface area contributed by atoms with Crippen LogP contribution in [0.1, 0.15) is 31.2 Å². The Labute approximate surface area is 159 Å². The Hall–Kier alpha value is -3.02. The molecule has 2 atom stereocenters. The highest BCUT2D eigenvalue weighted by Crippen LogP contribution is 2.22. The van der Waals surface area contributed by atoms with Gasteiger partial charge in [-0.1, -0.05) is 48.5 Å². The van der Waals surface area contributed by atoms with Crippen molar-refractivity contribution in [2.45, 2.75) is 44.4 Å². The predicted molar refractivity (Wildman–Crippen MR) is 104 cm³/mol. The van der Waals surface area contributed by atoms with Crippen LogP contribution in [0.25, 0.3) is 0 Å². The predicted octanol–water partition coefficient (Wildman–Crippen LogP) is 4.05. The Morgan fingerprint density at radius 1 is 0.963 bits per heavy atom. The number of nitrogens with one attached hydrogen (secondary N) is 3. The van der Waals surface area contributed by atoms with Crippen LogP contribution in [0, 0.1) is 0 Å². The number of para-hydroxylation sites is 1. The number of ether oxygens (including phenoxy) is 1. The van der Waals surface area contributed by atoms with Crippen LogP contribution >= 0.6 is 0 Å². The molecule has 6 nitrogen and oxygen atoms in total. The zero-order valence-corrected chi connectivity index (χ0v) is 15.2. The van der Waals surface area contributed by atoms with Gasteiger partial charge in [0.05, 0.1) is 0 Å². The summed E-state index contributed by atoms with van der Waals surface area (Å²) in [7, 11) is 0. The van der Waals surface area contributed by atoms with Crippen LogP contribution < -0.4 is 16.0 Å². The number of carbonyl (C=O) groups is 2. The van der Waals surface area contributed by atoms with E-state index in [0.717, 1.165) is 24.8 Å². The standard InChI is InChI=1S/C21H25N3O3/c25-20(22-15-16-8-3-1-4-9-16)23-18-12-7-13-19(14-18)27-21(26)24-17-10-5-2-6-11-17/h1-6,8-11,18-19H,7,12-15H2,(H,24,26)(H2,22,23,25)/t18-,19+/m0/s1. The molecular weight excluding hydrogens is 342 g/mol. The highest BCUT2D eigenvalue weighted by molar-refractivity contribution is 5.84. The van der Waals surface area contributed by atoms with Gasteiger partial charge in [-0.25, -0.2) is 9.59 Å². The zero-order valence-electron chi connectivity index (χ0n) is 15.2. The van der Waals surface area contributed by atoms with Crippen molar-refractivity contribution in [3.05, 3.63) is 66.2 Å². The SMILES string of the molecule is O=C(NCc1ccccc1)N[C@H]1CCC[C@@H](OC(=O)Nc2ccccc2)C1. The molecular formula is C21H25N3O3. The van der Waals surface area contributed by atoms with Crippen molar-refractivity contribution in [1.82, 2.24) is 10.6 Å². The van der Waals surface area contributed by atoms with Crippen LogP contribution in [0.4, 0.5) is 15.3 Å². The van der Waals surface area contributed by atoms with Gasteiger partial charge in [0.25, 0.3) is 0 Å². The summed E-state index contributed by atoms with van der Waals surface area (Å²) in [6, 6.07) is 18.8. The topological polar surface area (TPSA) is 79.5 Å². The van der Waals surface area contributed by atoms with Crippen molar-refractivity contribution in [3.63, 3.8) is 0 Å². The van der Waals surface area contributed by atoms with E-state index >= 15 is 0 Å². The van der Waals surface area contributed by atoms with Gasteiger partial charge in [0.15, 0.2) is 0 Å². The molecule has 2 aromatic rings. The number of hydrogen-bond donors (Lipinski definition) is 3. The Bertz CT molecular complexity index is 737. The smallest absolute Gasteiger partial charge is 0.411 e. The lowest BCUT2D eigenvalue weighted by Crippen LogP contribution is -2.45. The van der Waals surface area contributed by atoms with Crippen molar-refractivity contribution >= 4 is 17.8 Å². The minimum Gasteiger partial charge on any atom is -0.446 e. The molecule has 3 rings (SSSR count). The fraction of sp³-hybridized carbons (Fsp3) is 0.333. The molecule has 0 radical (unpaired) electrons. The lowest BCUT2D eigenvalue weighted by molar-refractivity contribution is 0.0776. The minimum absolute atomic E-state index is 0.00375. The third kappa shape index (κ3) is 6.33. The molecule has 3 N–H and O–H groups in total. The van der Waals surface area contributed by atoms with E-state index in [0.29, 0.717) is 18.7 Å². The van der Waals surface area contributed by atoms with E-state index < -0.39 is 6.09 Å². The molecule has 0 spiro atoms. The minimum atomic E-state index is -0.458. The van der Waals surface area contributed by atoms with Crippen molar-refractivity contribution in [2.24, 2.45) is 0 Å². The lowest BCUT2D eigenvalue weighted by atomic mass is 9.93. The number of hydrogen-bond acceptors (Lipinski definition) is 3. The van der Waals surface area contributed by atoms with Crippen molar-refractivity contribution in [1.29, 1.82) is 0 Å². The summed E-state index contributed by atoms with van der Waals surface area (Å²) >= 11 is 0. The van der Waals surface area contributed by atoms with Crippen molar-refractivity contribution in [2.75, 3.05) is 5.32 Å². The third-order valence-electron chi connectivity index (χ3n) is 4.55. The lowest BCUT2D eigenvalue weighted by Gasteiger charge is -2.29. The van der Waals surface area contributed by atoms with Gasteiger partial charge in [-0.15, -0.1) is 0 Å². The fourth-order valence-electron chi connectivity index (χ4n) is 3.22. The molecule has 0 saturated heterocycles. The molecule has 6 heteroatoms. The molecule has 0 heterocycles. The first-order chi connectivity index (χ1) is 13.2. The summed E-state index contributed by atoms with van der Waals surface area (Å²) in [4.78, 5) is 24.1. The summed E-state index contributed by atoms with van der Waals surface area (Å²) in [5.41, 5.74) is 1.75. The first-order valence-electron chi connectivity index (χ1n) is 9.30. The van der Waals surface area contributed by atoms with E-state index in [1.54, 1.807) is 0 Å². The van der Waals surface area contributed by atoms with Gasteiger partial charge < -0.3 is 15.4 Å². The molecule has 0 unspecified atom stereocenters. The Morgan fingerprint density at radius 3 is 2.41 bits per heavy atom. The van der Waals surface area contributed by atoms with Gasteiger partial charge in [-0.2, -0.15) is 0 Å². The second kappa shape index (κ2) is 9.62. The summed E-state index contributed by atoms with van der Waals surface area (Å²) in [6.07, 6.45) is 2.58. The van der Waals surface area contributed by atoms with Gasteiger partial charge in [-0.05, 0) is 37.0 Å². The highest BCUT2D eigenvalue weighted by Gasteiger charge is 2.26. The first-order valence-corrected chi connectivity index (χ1v) is 9.30. The van der Waals surface area contributed by atoms with Gasteiger partial charge >= 0.3 is 12.1 Å². The van der Waals surface area contributed by atoms with Crippen LogP contribution in [0.15, 0.2) is 60.7 Å². The molecule has 3 amide bonds. The highest BCUT2D eigenvalue weighted by atomic mass is 16.6. The Balaban J connectivity index is 1.40. The zero-order chi connectivity index (χ0) is 18.9. The summed E-state index contributed by atoms with van der Waals surface area (Å²) in [5.74, 6) is 0. The summed E-state index contributed by atoms with van der Waals surface area (Å²) < 4.78 is 5.51. The van der Waals surface area contributed by atoms with E-state index in [1.165, 1.54) is 0 Å². The Morgan fingerprint density at radius 2 is 1.67 bits per heavy atom. The van der Waals surface area contributed by atoms with Crippen molar-refractivity contribution < 1.29 is 14.3 Å². The van der Waals surface area contributed by atoms with Crippen LogP contribution in [0.2, 0.25) is 0 Å². The first kappa shape index (κ1) is 18.8. The van der Waals surface area contributed by atoms with E-state index in [2.05, 4.69) is 16.0 Å². The van der Waals surface area contributed by atoms with Crippen LogP contribution in [0.3, 0.4) is 0 Å². The maximum atomic E-state index is 12.1. The second-order valence-corrected chi connectivity index (χ2v) is 6.69. The number of amides is 3.